The molecule has 2 heteroatoms. The van der Waals surface area contributed by atoms with Gasteiger partial charge in [0.05, 0.1) is 13.0 Å². The SMILES string of the molecule is COC(=O)[C@H]1[C@@H](c2ccccc2)c2ccccc2[C@H]1C. The van der Waals surface area contributed by atoms with Crippen LogP contribution in [0.1, 0.15) is 35.4 Å². The molecule has 2 aromatic rings. The standard InChI is InChI=1S/C18H18O2/c1-12-14-10-6-7-11-15(14)17(16(12)18(19)20-2)13-8-4-3-5-9-13/h3-12,16-17H,1-2H3/t12-,16-,17+/m1/s1. The van der Waals surface area contributed by atoms with Gasteiger partial charge < -0.3 is 4.74 Å². The van der Waals surface area contributed by atoms with E-state index < -0.39 is 0 Å². The molecular formula is C18H18O2. The summed E-state index contributed by atoms with van der Waals surface area (Å²) >= 11 is 0. The summed E-state index contributed by atoms with van der Waals surface area (Å²) in [7, 11) is 1.47. The predicted octanol–water partition coefficient (Wildman–Crippen LogP) is 3.72. The summed E-state index contributed by atoms with van der Waals surface area (Å²) in [6, 6.07) is 18.6. The van der Waals surface area contributed by atoms with Gasteiger partial charge in [-0.3, -0.25) is 4.79 Å². The van der Waals surface area contributed by atoms with Crippen LogP contribution in [0.3, 0.4) is 0 Å². The number of carbonyl (C=O) groups excluding carboxylic acids is 1. The molecule has 20 heavy (non-hydrogen) atoms. The number of fused-ring (bicyclic) bond motifs is 1. The first-order chi connectivity index (χ1) is 9.74. The third-order valence-electron chi connectivity index (χ3n) is 4.35. The second kappa shape index (κ2) is 5.12. The molecule has 0 fully saturated rings. The zero-order valence-corrected chi connectivity index (χ0v) is 11.7. The fourth-order valence-corrected chi connectivity index (χ4v) is 3.41. The van der Waals surface area contributed by atoms with Crippen LogP contribution in [-0.2, 0) is 9.53 Å². The maximum absolute atomic E-state index is 12.3. The van der Waals surface area contributed by atoms with E-state index in [2.05, 4.69) is 31.2 Å². The van der Waals surface area contributed by atoms with E-state index in [1.807, 2.05) is 30.3 Å². The minimum atomic E-state index is -0.139. The number of rotatable bonds is 2. The van der Waals surface area contributed by atoms with E-state index in [-0.39, 0.29) is 23.7 Å². The van der Waals surface area contributed by atoms with Crippen LogP contribution in [-0.4, -0.2) is 13.1 Å². The predicted molar refractivity (Wildman–Crippen MR) is 78.6 cm³/mol. The van der Waals surface area contributed by atoms with Crippen molar-refractivity contribution in [3.8, 4) is 0 Å². The van der Waals surface area contributed by atoms with Gasteiger partial charge in [0.1, 0.15) is 0 Å². The maximum atomic E-state index is 12.3. The molecule has 1 aliphatic rings. The minimum absolute atomic E-state index is 0.0925. The Bertz CT molecular complexity index is 618. The van der Waals surface area contributed by atoms with Crippen LogP contribution in [0.4, 0.5) is 0 Å². The first-order valence-corrected chi connectivity index (χ1v) is 6.95. The highest BCUT2D eigenvalue weighted by Gasteiger charge is 2.43. The van der Waals surface area contributed by atoms with Gasteiger partial charge in [-0.2, -0.15) is 0 Å². The van der Waals surface area contributed by atoms with Crippen LogP contribution in [0.25, 0.3) is 0 Å². The summed E-state index contributed by atoms with van der Waals surface area (Å²) in [5, 5.41) is 0. The highest BCUT2D eigenvalue weighted by molar-refractivity contribution is 5.78. The van der Waals surface area contributed by atoms with E-state index in [0.29, 0.717) is 0 Å². The fraction of sp³-hybridized carbons (Fsp3) is 0.278. The molecular weight excluding hydrogens is 248 g/mol. The Kier molecular flexibility index (Phi) is 3.31. The summed E-state index contributed by atoms with van der Waals surface area (Å²) in [5.41, 5.74) is 3.69. The summed E-state index contributed by atoms with van der Waals surface area (Å²) in [6.45, 7) is 2.11. The largest absolute Gasteiger partial charge is 0.469 e. The van der Waals surface area contributed by atoms with Gasteiger partial charge in [0.25, 0.3) is 0 Å². The van der Waals surface area contributed by atoms with Crippen LogP contribution in [0.15, 0.2) is 54.6 Å². The molecule has 0 aromatic heterocycles. The lowest BCUT2D eigenvalue weighted by Gasteiger charge is -2.21. The van der Waals surface area contributed by atoms with Crippen molar-refractivity contribution < 1.29 is 9.53 Å². The van der Waals surface area contributed by atoms with E-state index in [1.54, 1.807) is 0 Å². The van der Waals surface area contributed by atoms with Crippen molar-refractivity contribution in [1.29, 1.82) is 0 Å². The van der Waals surface area contributed by atoms with E-state index in [0.717, 1.165) is 0 Å². The van der Waals surface area contributed by atoms with Gasteiger partial charge in [0.2, 0.25) is 0 Å². The molecule has 0 spiro atoms. The smallest absolute Gasteiger partial charge is 0.310 e. The zero-order chi connectivity index (χ0) is 14.1. The van der Waals surface area contributed by atoms with Crippen molar-refractivity contribution in [3.05, 3.63) is 71.3 Å². The Morgan fingerprint density at radius 2 is 1.55 bits per heavy atom. The van der Waals surface area contributed by atoms with E-state index >= 15 is 0 Å². The van der Waals surface area contributed by atoms with Gasteiger partial charge in [0, 0.05) is 5.92 Å². The molecule has 0 unspecified atom stereocenters. The average molecular weight is 266 g/mol. The van der Waals surface area contributed by atoms with Crippen LogP contribution in [0, 0.1) is 5.92 Å². The first kappa shape index (κ1) is 12.9. The molecule has 2 aromatic carbocycles. The Balaban J connectivity index is 2.14. The van der Waals surface area contributed by atoms with Gasteiger partial charge in [0.15, 0.2) is 0 Å². The lowest BCUT2D eigenvalue weighted by molar-refractivity contribution is -0.146. The third kappa shape index (κ3) is 1.92. The Labute approximate surface area is 119 Å². The second-order valence-electron chi connectivity index (χ2n) is 5.35. The summed E-state index contributed by atoms with van der Waals surface area (Å²) in [4.78, 5) is 12.3. The van der Waals surface area contributed by atoms with Crippen LogP contribution < -0.4 is 0 Å². The van der Waals surface area contributed by atoms with Crippen molar-refractivity contribution in [2.24, 2.45) is 5.92 Å². The molecule has 3 atom stereocenters. The topological polar surface area (TPSA) is 26.3 Å². The van der Waals surface area contributed by atoms with Crippen molar-refractivity contribution in [3.63, 3.8) is 0 Å². The molecule has 0 bridgehead atoms. The van der Waals surface area contributed by atoms with Crippen LogP contribution >= 0.6 is 0 Å². The molecule has 0 saturated carbocycles. The monoisotopic (exact) mass is 266 g/mol. The lowest BCUT2D eigenvalue weighted by Crippen LogP contribution is -2.23. The minimum Gasteiger partial charge on any atom is -0.469 e. The first-order valence-electron chi connectivity index (χ1n) is 6.95. The number of esters is 1. The van der Waals surface area contributed by atoms with Gasteiger partial charge in [-0.05, 0) is 22.6 Å². The summed E-state index contributed by atoms with van der Waals surface area (Å²) in [6.07, 6.45) is 0. The number of benzene rings is 2. The fourth-order valence-electron chi connectivity index (χ4n) is 3.41. The normalized spacial score (nSPS) is 24.2. The van der Waals surface area contributed by atoms with Gasteiger partial charge in [-0.25, -0.2) is 0 Å². The molecule has 0 N–H and O–H groups in total. The third-order valence-corrected chi connectivity index (χ3v) is 4.35. The molecule has 0 aliphatic heterocycles. The Hall–Kier alpha value is -2.09. The van der Waals surface area contributed by atoms with Gasteiger partial charge in [-0.15, -0.1) is 0 Å². The van der Waals surface area contributed by atoms with Crippen LogP contribution in [0.5, 0.6) is 0 Å². The molecule has 0 saturated heterocycles. The highest BCUT2D eigenvalue weighted by Crippen LogP contribution is 2.49. The summed E-state index contributed by atoms with van der Waals surface area (Å²) in [5.74, 6) is 0.0149. The average Bonchev–Trinajstić information content (AvgIpc) is 2.81. The van der Waals surface area contributed by atoms with Crippen molar-refractivity contribution >= 4 is 5.97 Å². The van der Waals surface area contributed by atoms with Crippen molar-refractivity contribution in [1.82, 2.24) is 0 Å². The van der Waals surface area contributed by atoms with Gasteiger partial charge >= 0.3 is 5.97 Å². The van der Waals surface area contributed by atoms with E-state index in [9.17, 15) is 4.79 Å². The lowest BCUT2D eigenvalue weighted by atomic mass is 9.83. The van der Waals surface area contributed by atoms with Crippen molar-refractivity contribution in [2.75, 3.05) is 7.11 Å². The summed E-state index contributed by atoms with van der Waals surface area (Å²) < 4.78 is 5.05. The molecule has 1 aliphatic carbocycles. The number of methoxy groups -OCH3 is 1. The molecule has 102 valence electrons. The maximum Gasteiger partial charge on any atom is 0.310 e. The highest BCUT2D eigenvalue weighted by atomic mass is 16.5. The van der Waals surface area contributed by atoms with E-state index in [4.69, 9.17) is 4.74 Å². The van der Waals surface area contributed by atoms with Crippen molar-refractivity contribution in [2.45, 2.75) is 18.8 Å². The molecule has 2 nitrogen and oxygen atoms in total. The molecule has 0 heterocycles. The molecule has 0 radical (unpaired) electrons. The quantitative estimate of drug-likeness (QED) is 0.774. The molecule has 0 amide bonds. The zero-order valence-electron chi connectivity index (χ0n) is 11.7. The number of ether oxygens (including phenoxy) is 1. The Morgan fingerprint density at radius 3 is 2.20 bits per heavy atom. The number of hydrogen-bond acceptors (Lipinski definition) is 2. The van der Waals surface area contributed by atoms with Crippen LogP contribution in [0.2, 0.25) is 0 Å². The number of hydrogen-bond donors (Lipinski definition) is 0. The Morgan fingerprint density at radius 1 is 0.950 bits per heavy atom. The molecule has 3 rings (SSSR count). The second-order valence-corrected chi connectivity index (χ2v) is 5.35. The van der Waals surface area contributed by atoms with Gasteiger partial charge in [-0.1, -0.05) is 61.5 Å². The van der Waals surface area contributed by atoms with E-state index in [1.165, 1.54) is 23.8 Å². The number of carbonyl (C=O) groups is 1.